The summed E-state index contributed by atoms with van der Waals surface area (Å²) in [7, 11) is 2.21. The van der Waals surface area contributed by atoms with Crippen molar-refractivity contribution in [1.29, 1.82) is 0 Å². The van der Waals surface area contributed by atoms with Crippen LogP contribution in [0.5, 0.6) is 0 Å². The van der Waals surface area contributed by atoms with Crippen LogP contribution in [0.4, 0.5) is 0 Å². The highest BCUT2D eigenvalue weighted by atomic mass is 32.1. The first-order chi connectivity index (χ1) is 7.68. The number of nitrogens with zero attached hydrogens (tertiary/aromatic N) is 1. The molecule has 1 saturated heterocycles. The number of likely N-dealkylation sites (N-methyl/N-ethyl adjacent to an activating group) is 1. The summed E-state index contributed by atoms with van der Waals surface area (Å²) in [5.74, 6) is 0. The third-order valence-corrected chi connectivity index (χ3v) is 4.43. The highest BCUT2D eigenvalue weighted by Gasteiger charge is 2.16. The van der Waals surface area contributed by atoms with Crippen molar-refractivity contribution in [1.82, 2.24) is 10.2 Å². The first kappa shape index (κ1) is 11.8. The Kier molecular flexibility index (Phi) is 3.79. The zero-order valence-corrected chi connectivity index (χ0v) is 11.1. The molecule has 0 aliphatic carbocycles. The first-order valence-electron chi connectivity index (χ1n) is 5.80. The average Bonchev–Trinajstić information content (AvgIpc) is 2.65. The second-order valence-corrected chi connectivity index (χ2v) is 5.57. The molecule has 1 aliphatic rings. The molecule has 1 aromatic rings. The molecule has 1 fully saturated rings. The molecule has 0 amide bonds. The Hall–Kier alpha value is -0.640. The van der Waals surface area contributed by atoms with E-state index in [1.165, 1.54) is 10.5 Å². The molecule has 0 radical (unpaired) electrons. The Morgan fingerprint density at radius 1 is 1.56 bits per heavy atom. The standard InChI is InChI=1S/C13H20N2S/c1-10(12-7-14-8-12)9-15(3)11(2)13-5-4-6-16-13/h4-6,11,14H,7-9H2,1-3H3. The predicted octanol–water partition coefficient (Wildman–Crippen LogP) is 2.66. The largest absolute Gasteiger partial charge is 0.309 e. The molecule has 0 spiro atoms. The van der Waals surface area contributed by atoms with Crippen LogP contribution in [-0.4, -0.2) is 31.6 Å². The van der Waals surface area contributed by atoms with Crippen LogP contribution in [0.2, 0.25) is 0 Å². The molecular formula is C13H20N2S. The van der Waals surface area contributed by atoms with Gasteiger partial charge in [0.05, 0.1) is 0 Å². The van der Waals surface area contributed by atoms with E-state index in [2.05, 4.69) is 48.6 Å². The second-order valence-electron chi connectivity index (χ2n) is 4.59. The normalized spacial score (nSPS) is 17.4. The minimum atomic E-state index is 0.517. The first-order valence-corrected chi connectivity index (χ1v) is 6.68. The minimum absolute atomic E-state index is 0.517. The fourth-order valence-electron chi connectivity index (χ4n) is 1.92. The van der Waals surface area contributed by atoms with Crippen molar-refractivity contribution < 1.29 is 0 Å². The van der Waals surface area contributed by atoms with Crippen LogP contribution in [0.25, 0.3) is 0 Å². The quantitative estimate of drug-likeness (QED) is 0.809. The van der Waals surface area contributed by atoms with Gasteiger partial charge in [0.2, 0.25) is 0 Å². The summed E-state index contributed by atoms with van der Waals surface area (Å²) in [6.45, 7) is 7.80. The van der Waals surface area contributed by atoms with Gasteiger partial charge in [-0.25, -0.2) is 0 Å². The van der Waals surface area contributed by atoms with E-state index < -0.39 is 0 Å². The lowest BCUT2D eigenvalue weighted by Gasteiger charge is -2.28. The van der Waals surface area contributed by atoms with E-state index in [4.69, 9.17) is 0 Å². The Balaban J connectivity index is 1.95. The lowest BCUT2D eigenvalue weighted by molar-refractivity contribution is 0.285. The highest BCUT2D eigenvalue weighted by molar-refractivity contribution is 7.10. The van der Waals surface area contributed by atoms with Crippen molar-refractivity contribution in [3.8, 4) is 0 Å². The van der Waals surface area contributed by atoms with Gasteiger partial charge in [-0.1, -0.05) is 11.6 Å². The predicted molar refractivity (Wildman–Crippen MR) is 70.9 cm³/mol. The molecule has 1 atom stereocenters. The van der Waals surface area contributed by atoms with Crippen LogP contribution in [0, 0.1) is 0 Å². The molecule has 2 heterocycles. The highest BCUT2D eigenvalue weighted by Crippen LogP contribution is 2.24. The van der Waals surface area contributed by atoms with Crippen LogP contribution in [-0.2, 0) is 0 Å². The molecule has 88 valence electrons. The molecule has 1 unspecified atom stereocenters. The molecule has 2 nitrogen and oxygen atoms in total. The number of thiophene rings is 1. The van der Waals surface area contributed by atoms with E-state index in [-0.39, 0.29) is 0 Å². The zero-order valence-electron chi connectivity index (χ0n) is 10.3. The molecule has 16 heavy (non-hydrogen) atoms. The molecule has 1 aliphatic heterocycles. The molecule has 2 rings (SSSR count). The fraction of sp³-hybridized carbons (Fsp3) is 0.538. The molecular weight excluding hydrogens is 216 g/mol. The van der Waals surface area contributed by atoms with Gasteiger partial charge in [-0.2, -0.15) is 0 Å². The van der Waals surface area contributed by atoms with Crippen LogP contribution >= 0.6 is 11.3 Å². The van der Waals surface area contributed by atoms with E-state index in [1.54, 1.807) is 5.57 Å². The van der Waals surface area contributed by atoms with Crippen molar-refractivity contribution in [3.05, 3.63) is 33.5 Å². The van der Waals surface area contributed by atoms with Crippen molar-refractivity contribution in [2.24, 2.45) is 0 Å². The van der Waals surface area contributed by atoms with Gasteiger partial charge in [0.15, 0.2) is 0 Å². The van der Waals surface area contributed by atoms with Gasteiger partial charge < -0.3 is 5.32 Å². The van der Waals surface area contributed by atoms with Gasteiger partial charge in [-0.15, -0.1) is 11.3 Å². The van der Waals surface area contributed by atoms with E-state index in [0.717, 1.165) is 19.6 Å². The van der Waals surface area contributed by atoms with E-state index in [9.17, 15) is 0 Å². The summed E-state index contributed by atoms with van der Waals surface area (Å²) >= 11 is 1.84. The van der Waals surface area contributed by atoms with E-state index in [1.807, 2.05) is 11.3 Å². The maximum absolute atomic E-state index is 3.30. The molecule has 1 aromatic heterocycles. The van der Waals surface area contributed by atoms with Gasteiger partial charge in [-0.05, 0) is 37.9 Å². The number of hydrogen-bond donors (Lipinski definition) is 1. The Labute approximate surface area is 102 Å². The second kappa shape index (κ2) is 5.13. The lowest BCUT2D eigenvalue weighted by atomic mass is 10.0. The van der Waals surface area contributed by atoms with Crippen LogP contribution in [0.3, 0.4) is 0 Å². The lowest BCUT2D eigenvalue weighted by Crippen LogP contribution is -2.36. The fourth-order valence-corrected chi connectivity index (χ4v) is 2.77. The summed E-state index contributed by atoms with van der Waals surface area (Å²) in [6, 6.07) is 4.87. The third kappa shape index (κ3) is 2.54. The summed E-state index contributed by atoms with van der Waals surface area (Å²) in [5, 5.41) is 5.45. The van der Waals surface area contributed by atoms with Gasteiger partial charge in [-0.3, -0.25) is 4.90 Å². The van der Waals surface area contributed by atoms with Gasteiger partial charge in [0, 0.05) is 30.6 Å². The maximum Gasteiger partial charge on any atom is 0.0413 e. The molecule has 0 saturated carbocycles. The van der Waals surface area contributed by atoms with Crippen molar-refractivity contribution in [2.45, 2.75) is 19.9 Å². The van der Waals surface area contributed by atoms with Crippen molar-refractivity contribution >= 4 is 11.3 Å². The third-order valence-electron chi connectivity index (χ3n) is 3.38. The van der Waals surface area contributed by atoms with E-state index in [0.29, 0.717) is 6.04 Å². The van der Waals surface area contributed by atoms with Gasteiger partial charge in [0.25, 0.3) is 0 Å². The number of rotatable bonds is 4. The Morgan fingerprint density at radius 2 is 2.31 bits per heavy atom. The molecule has 0 aromatic carbocycles. The van der Waals surface area contributed by atoms with Crippen molar-refractivity contribution in [2.75, 3.05) is 26.7 Å². The molecule has 0 bridgehead atoms. The topological polar surface area (TPSA) is 15.3 Å². The smallest absolute Gasteiger partial charge is 0.0413 e. The Morgan fingerprint density at radius 3 is 2.81 bits per heavy atom. The summed E-state index contributed by atoms with van der Waals surface area (Å²) in [5.41, 5.74) is 3.12. The zero-order chi connectivity index (χ0) is 11.5. The summed E-state index contributed by atoms with van der Waals surface area (Å²) < 4.78 is 0. The van der Waals surface area contributed by atoms with E-state index >= 15 is 0 Å². The van der Waals surface area contributed by atoms with Crippen LogP contribution in [0.15, 0.2) is 28.7 Å². The number of hydrogen-bond acceptors (Lipinski definition) is 3. The molecule has 1 N–H and O–H groups in total. The molecule has 3 heteroatoms. The van der Waals surface area contributed by atoms with Crippen LogP contribution < -0.4 is 5.32 Å². The minimum Gasteiger partial charge on any atom is -0.309 e. The Bertz CT molecular complexity index is 361. The maximum atomic E-state index is 3.30. The summed E-state index contributed by atoms with van der Waals surface area (Å²) in [4.78, 5) is 3.87. The van der Waals surface area contributed by atoms with Crippen LogP contribution in [0.1, 0.15) is 24.8 Å². The summed E-state index contributed by atoms with van der Waals surface area (Å²) in [6.07, 6.45) is 0. The van der Waals surface area contributed by atoms with Crippen molar-refractivity contribution in [3.63, 3.8) is 0 Å². The van der Waals surface area contributed by atoms with Gasteiger partial charge >= 0.3 is 0 Å². The van der Waals surface area contributed by atoms with Gasteiger partial charge in [0.1, 0.15) is 0 Å². The SMILES string of the molecule is CC(CN(C)C(C)c1cccs1)=C1CNC1. The average molecular weight is 236 g/mol. The monoisotopic (exact) mass is 236 g/mol. The number of nitrogens with one attached hydrogen (secondary N) is 1.